The number of rotatable bonds is 9. The third-order valence-electron chi connectivity index (χ3n) is 4.70. The number of guanidine groups is 1. The second-order valence-corrected chi connectivity index (χ2v) is 8.39. The molecule has 1 saturated heterocycles. The van der Waals surface area contributed by atoms with Crippen LogP contribution in [0.5, 0.6) is 0 Å². The molecule has 1 aliphatic rings. The molecule has 1 aromatic rings. The van der Waals surface area contributed by atoms with Gasteiger partial charge in [0.2, 0.25) is 0 Å². The lowest BCUT2D eigenvalue weighted by Gasteiger charge is -2.34. The zero-order chi connectivity index (χ0) is 21.2. The molecule has 1 unspecified atom stereocenters. The van der Waals surface area contributed by atoms with Crippen molar-refractivity contribution in [1.82, 2.24) is 20.4 Å². The quantitative estimate of drug-likeness (QED) is 0.290. The number of halogens is 2. The first kappa shape index (κ1) is 27.1. The Morgan fingerprint density at radius 3 is 2.77 bits per heavy atom. The fraction of sp³-hybridized carbons (Fsp3) is 0.682. The SMILES string of the molecule is CCNC(=NCc1ccc(F)c(CN(C)C)c1)NCC1CN(CC(C)C)CCO1.I. The molecule has 8 heteroatoms. The topological polar surface area (TPSA) is 52.1 Å². The summed E-state index contributed by atoms with van der Waals surface area (Å²) < 4.78 is 19.9. The van der Waals surface area contributed by atoms with E-state index in [1.54, 1.807) is 6.07 Å². The van der Waals surface area contributed by atoms with Gasteiger partial charge in [0.15, 0.2) is 5.96 Å². The lowest BCUT2D eigenvalue weighted by Crippen LogP contribution is -2.50. The summed E-state index contributed by atoms with van der Waals surface area (Å²) in [5.41, 5.74) is 1.69. The highest BCUT2D eigenvalue weighted by molar-refractivity contribution is 14.0. The number of ether oxygens (including phenoxy) is 1. The molecule has 2 rings (SSSR count). The molecule has 1 aliphatic heterocycles. The summed E-state index contributed by atoms with van der Waals surface area (Å²) in [6.07, 6.45) is 0.156. The van der Waals surface area contributed by atoms with Crippen LogP contribution in [0.15, 0.2) is 23.2 Å². The minimum atomic E-state index is -0.170. The second-order valence-electron chi connectivity index (χ2n) is 8.39. The molecule has 0 spiro atoms. The van der Waals surface area contributed by atoms with Crippen molar-refractivity contribution in [2.45, 2.75) is 40.0 Å². The van der Waals surface area contributed by atoms with Crippen molar-refractivity contribution in [1.29, 1.82) is 0 Å². The molecule has 0 bridgehead atoms. The van der Waals surface area contributed by atoms with E-state index >= 15 is 0 Å². The Labute approximate surface area is 198 Å². The lowest BCUT2D eigenvalue weighted by atomic mass is 10.1. The smallest absolute Gasteiger partial charge is 0.191 e. The molecule has 1 fully saturated rings. The fourth-order valence-electron chi connectivity index (χ4n) is 3.50. The third-order valence-corrected chi connectivity index (χ3v) is 4.70. The first-order chi connectivity index (χ1) is 13.9. The molecule has 0 aromatic heterocycles. The van der Waals surface area contributed by atoms with Crippen LogP contribution in [0.3, 0.4) is 0 Å². The summed E-state index contributed by atoms with van der Waals surface area (Å²) in [5.74, 6) is 1.25. The second kappa shape index (κ2) is 14.2. The number of hydrogen-bond donors (Lipinski definition) is 2. The standard InChI is InChI=1S/C22H38FN5O.HI/c1-6-24-22(26-13-20-16-28(9-10-29-20)14-17(2)3)25-12-18-7-8-21(23)19(11-18)15-27(4)5;/h7-8,11,17,20H,6,9-10,12-16H2,1-5H3,(H2,24,25,26);1H. The van der Waals surface area contributed by atoms with Gasteiger partial charge in [0, 0.05) is 44.8 Å². The Kier molecular flexibility index (Phi) is 12.8. The van der Waals surface area contributed by atoms with E-state index in [1.807, 2.05) is 32.0 Å². The molecule has 30 heavy (non-hydrogen) atoms. The number of nitrogens with one attached hydrogen (secondary N) is 2. The summed E-state index contributed by atoms with van der Waals surface area (Å²) in [4.78, 5) is 9.10. The molecule has 0 saturated carbocycles. The molecule has 172 valence electrons. The minimum absolute atomic E-state index is 0. The van der Waals surface area contributed by atoms with E-state index in [-0.39, 0.29) is 35.9 Å². The van der Waals surface area contributed by atoms with Gasteiger partial charge in [0.25, 0.3) is 0 Å². The van der Waals surface area contributed by atoms with Gasteiger partial charge in [-0.1, -0.05) is 19.9 Å². The van der Waals surface area contributed by atoms with Crippen molar-refractivity contribution < 1.29 is 9.13 Å². The molecule has 0 amide bonds. The highest BCUT2D eigenvalue weighted by atomic mass is 127. The maximum atomic E-state index is 14.0. The van der Waals surface area contributed by atoms with Crippen molar-refractivity contribution >= 4 is 29.9 Å². The number of hydrogen-bond acceptors (Lipinski definition) is 4. The summed E-state index contributed by atoms with van der Waals surface area (Å²) in [6, 6.07) is 5.23. The highest BCUT2D eigenvalue weighted by Gasteiger charge is 2.21. The number of benzene rings is 1. The zero-order valence-corrected chi connectivity index (χ0v) is 21.4. The first-order valence-corrected chi connectivity index (χ1v) is 10.7. The summed E-state index contributed by atoms with van der Waals surface area (Å²) in [5, 5.41) is 6.68. The normalized spacial score (nSPS) is 17.9. The van der Waals surface area contributed by atoms with Crippen LogP contribution in [0.25, 0.3) is 0 Å². The van der Waals surface area contributed by atoms with Gasteiger partial charge in [-0.25, -0.2) is 9.38 Å². The fourth-order valence-corrected chi connectivity index (χ4v) is 3.50. The Balaban J connectivity index is 0.00000450. The molecular formula is C22H39FIN5O. The van der Waals surface area contributed by atoms with Crippen LogP contribution in [0.4, 0.5) is 4.39 Å². The molecule has 6 nitrogen and oxygen atoms in total. The van der Waals surface area contributed by atoms with Crippen molar-refractivity contribution in [2.75, 3.05) is 53.4 Å². The predicted molar refractivity (Wildman–Crippen MR) is 133 cm³/mol. The van der Waals surface area contributed by atoms with E-state index in [0.717, 1.165) is 50.9 Å². The Morgan fingerprint density at radius 2 is 2.10 bits per heavy atom. The zero-order valence-electron chi connectivity index (χ0n) is 19.1. The van der Waals surface area contributed by atoms with Gasteiger partial charge in [-0.15, -0.1) is 24.0 Å². The van der Waals surface area contributed by atoms with Crippen LogP contribution in [0, 0.1) is 11.7 Å². The maximum Gasteiger partial charge on any atom is 0.191 e. The molecule has 1 atom stereocenters. The predicted octanol–water partition coefficient (Wildman–Crippen LogP) is 2.92. The summed E-state index contributed by atoms with van der Waals surface area (Å²) in [7, 11) is 3.88. The van der Waals surface area contributed by atoms with Crippen molar-refractivity contribution in [3.05, 3.63) is 35.1 Å². The van der Waals surface area contributed by atoms with Crippen LogP contribution in [0.1, 0.15) is 31.9 Å². The molecule has 0 radical (unpaired) electrons. The van der Waals surface area contributed by atoms with Crippen molar-refractivity contribution in [3.63, 3.8) is 0 Å². The number of aliphatic imine (C=N–C) groups is 1. The Bertz CT molecular complexity index is 656. The van der Waals surface area contributed by atoms with Crippen molar-refractivity contribution in [2.24, 2.45) is 10.9 Å². The highest BCUT2D eigenvalue weighted by Crippen LogP contribution is 2.13. The van der Waals surface area contributed by atoms with Gasteiger partial charge in [-0.3, -0.25) is 4.90 Å². The van der Waals surface area contributed by atoms with Gasteiger partial charge in [-0.2, -0.15) is 0 Å². The summed E-state index contributed by atoms with van der Waals surface area (Å²) >= 11 is 0. The number of morpholine rings is 1. The van der Waals surface area contributed by atoms with Gasteiger partial charge in [-0.05, 0) is 44.6 Å². The lowest BCUT2D eigenvalue weighted by molar-refractivity contribution is -0.0284. The first-order valence-electron chi connectivity index (χ1n) is 10.7. The van der Waals surface area contributed by atoms with Crippen LogP contribution in [-0.2, 0) is 17.8 Å². The van der Waals surface area contributed by atoms with Gasteiger partial charge in [0.05, 0.1) is 19.3 Å². The van der Waals surface area contributed by atoms with Crippen LogP contribution >= 0.6 is 24.0 Å². The minimum Gasteiger partial charge on any atom is -0.374 e. The van der Waals surface area contributed by atoms with Crippen LogP contribution in [0.2, 0.25) is 0 Å². The van der Waals surface area contributed by atoms with E-state index in [4.69, 9.17) is 4.74 Å². The Morgan fingerprint density at radius 1 is 1.33 bits per heavy atom. The molecule has 1 aromatic carbocycles. The van der Waals surface area contributed by atoms with Crippen molar-refractivity contribution in [3.8, 4) is 0 Å². The molecular weight excluding hydrogens is 496 g/mol. The van der Waals surface area contributed by atoms with Gasteiger partial charge < -0.3 is 20.3 Å². The van der Waals surface area contributed by atoms with E-state index < -0.39 is 0 Å². The maximum absolute atomic E-state index is 14.0. The van der Waals surface area contributed by atoms with Crippen LogP contribution < -0.4 is 10.6 Å². The largest absolute Gasteiger partial charge is 0.374 e. The third kappa shape index (κ3) is 9.89. The monoisotopic (exact) mass is 535 g/mol. The average Bonchev–Trinajstić information content (AvgIpc) is 2.65. The molecule has 2 N–H and O–H groups in total. The molecule has 0 aliphatic carbocycles. The van der Waals surface area contributed by atoms with Gasteiger partial charge in [0.1, 0.15) is 5.82 Å². The summed E-state index contributed by atoms with van der Waals surface area (Å²) in [6.45, 7) is 12.9. The average molecular weight is 535 g/mol. The molecule has 1 heterocycles. The van der Waals surface area contributed by atoms with Gasteiger partial charge >= 0.3 is 0 Å². The van der Waals surface area contributed by atoms with E-state index in [1.165, 1.54) is 6.07 Å². The Hall–Kier alpha value is -0.970. The van der Waals surface area contributed by atoms with E-state index in [0.29, 0.717) is 24.6 Å². The van der Waals surface area contributed by atoms with E-state index in [2.05, 4.69) is 34.4 Å². The van der Waals surface area contributed by atoms with Crippen LogP contribution in [-0.4, -0.2) is 75.3 Å². The number of nitrogens with zero attached hydrogens (tertiary/aromatic N) is 3. The van der Waals surface area contributed by atoms with E-state index in [9.17, 15) is 4.39 Å².